The second-order valence-corrected chi connectivity index (χ2v) is 5.74. The van der Waals surface area contributed by atoms with E-state index in [9.17, 15) is 9.59 Å². The second kappa shape index (κ2) is 9.72. The molecule has 0 aliphatic carbocycles. The van der Waals surface area contributed by atoms with E-state index in [1.165, 1.54) is 13.4 Å². The lowest BCUT2D eigenvalue weighted by atomic mass is 9.95. The summed E-state index contributed by atoms with van der Waals surface area (Å²) in [5.41, 5.74) is 1.04. The van der Waals surface area contributed by atoms with E-state index in [-0.39, 0.29) is 30.0 Å². The molecule has 0 radical (unpaired) electrons. The van der Waals surface area contributed by atoms with Gasteiger partial charge in [-0.05, 0) is 12.0 Å². The lowest BCUT2D eigenvalue weighted by Crippen LogP contribution is -2.37. The highest BCUT2D eigenvalue weighted by atomic mass is 16.5. The zero-order chi connectivity index (χ0) is 18.9. The van der Waals surface area contributed by atoms with E-state index in [1.807, 2.05) is 37.3 Å². The lowest BCUT2D eigenvalue weighted by molar-refractivity contribution is -0.134. The van der Waals surface area contributed by atoms with Gasteiger partial charge in [0.15, 0.2) is 5.69 Å². The van der Waals surface area contributed by atoms with Gasteiger partial charge in [0, 0.05) is 13.7 Å². The first-order chi connectivity index (χ1) is 12.6. The first-order valence-corrected chi connectivity index (χ1v) is 8.46. The van der Waals surface area contributed by atoms with Crippen molar-refractivity contribution in [3.05, 3.63) is 53.7 Å². The summed E-state index contributed by atoms with van der Waals surface area (Å²) in [6.07, 6.45) is 1.90. The minimum Gasteiger partial charge on any atom is -0.464 e. The summed E-state index contributed by atoms with van der Waals surface area (Å²) >= 11 is 0. The van der Waals surface area contributed by atoms with Crippen LogP contribution >= 0.6 is 0 Å². The maximum Gasteiger partial charge on any atom is 0.360 e. The monoisotopic (exact) mass is 360 g/mol. The molecule has 0 fully saturated rings. The largest absolute Gasteiger partial charge is 0.464 e. The van der Waals surface area contributed by atoms with Crippen LogP contribution in [0.25, 0.3) is 0 Å². The van der Waals surface area contributed by atoms with Crippen LogP contribution in [-0.2, 0) is 20.8 Å². The number of esters is 1. The molecule has 1 atom stereocenters. The van der Waals surface area contributed by atoms with Gasteiger partial charge in [0.05, 0.1) is 26.2 Å². The number of rotatable bonds is 9. The maximum absolute atomic E-state index is 13.1. The van der Waals surface area contributed by atoms with Crippen molar-refractivity contribution in [2.24, 2.45) is 0 Å². The second-order valence-electron chi connectivity index (χ2n) is 5.74. The predicted octanol–water partition coefficient (Wildman–Crippen LogP) is 2.63. The normalized spacial score (nSPS) is 11.8. The molecule has 0 aliphatic heterocycles. The molecule has 2 aromatic rings. The van der Waals surface area contributed by atoms with Gasteiger partial charge in [-0.25, -0.2) is 9.78 Å². The number of hydrogen-bond donors (Lipinski definition) is 0. The number of aromatic nitrogens is 1. The first kappa shape index (κ1) is 19.7. The number of carbonyl (C=O) groups is 2. The van der Waals surface area contributed by atoms with Gasteiger partial charge >= 0.3 is 5.97 Å². The molecule has 1 amide bonds. The molecule has 7 nitrogen and oxygen atoms in total. The standard InChI is InChI=1S/C19H24N2O5/c1-4-15(14-8-6-5-7-9-14)18(22)21(10-11-24-2)12-17-20-16(13-26-17)19(23)25-3/h5-9,13,15H,4,10-12H2,1-3H3/t15-/m1/s1. The van der Waals surface area contributed by atoms with Crippen molar-refractivity contribution in [1.82, 2.24) is 9.88 Å². The summed E-state index contributed by atoms with van der Waals surface area (Å²) in [6, 6.07) is 9.65. The Morgan fingerprint density at radius 3 is 2.58 bits per heavy atom. The molecule has 0 saturated carbocycles. The highest BCUT2D eigenvalue weighted by molar-refractivity contribution is 5.86. The topological polar surface area (TPSA) is 81.9 Å². The molecule has 26 heavy (non-hydrogen) atoms. The highest BCUT2D eigenvalue weighted by Crippen LogP contribution is 2.23. The van der Waals surface area contributed by atoms with E-state index in [1.54, 1.807) is 12.0 Å². The SMILES string of the molecule is CC[C@@H](C(=O)N(CCOC)Cc1nc(C(=O)OC)co1)c1ccccc1. The Morgan fingerprint density at radius 2 is 1.96 bits per heavy atom. The predicted molar refractivity (Wildman–Crippen MR) is 94.6 cm³/mol. The average molecular weight is 360 g/mol. The molecular formula is C19H24N2O5. The number of ether oxygens (including phenoxy) is 2. The van der Waals surface area contributed by atoms with Crippen LogP contribution in [0.1, 0.15) is 41.2 Å². The van der Waals surface area contributed by atoms with Crippen LogP contribution in [0.15, 0.2) is 41.0 Å². The maximum atomic E-state index is 13.1. The number of methoxy groups -OCH3 is 2. The van der Waals surface area contributed by atoms with Crippen LogP contribution in [0.4, 0.5) is 0 Å². The van der Waals surface area contributed by atoms with Crippen molar-refractivity contribution in [2.45, 2.75) is 25.8 Å². The zero-order valence-corrected chi connectivity index (χ0v) is 15.3. The van der Waals surface area contributed by atoms with E-state index in [0.29, 0.717) is 19.6 Å². The Kier molecular flexibility index (Phi) is 7.35. The fourth-order valence-electron chi connectivity index (χ4n) is 2.67. The van der Waals surface area contributed by atoms with Gasteiger partial charge in [-0.2, -0.15) is 0 Å². The average Bonchev–Trinajstić information content (AvgIpc) is 3.14. The molecule has 1 heterocycles. The minimum atomic E-state index is -0.578. The lowest BCUT2D eigenvalue weighted by Gasteiger charge is -2.26. The molecular weight excluding hydrogens is 336 g/mol. The minimum absolute atomic E-state index is 0.0337. The van der Waals surface area contributed by atoms with Gasteiger partial charge in [-0.15, -0.1) is 0 Å². The Morgan fingerprint density at radius 1 is 1.23 bits per heavy atom. The molecule has 7 heteroatoms. The van der Waals surface area contributed by atoms with E-state index in [4.69, 9.17) is 9.15 Å². The number of amides is 1. The Labute approximate surface area is 152 Å². The molecule has 1 aromatic heterocycles. The Hall–Kier alpha value is -2.67. The van der Waals surface area contributed by atoms with Crippen molar-refractivity contribution >= 4 is 11.9 Å². The number of oxazole rings is 1. The summed E-state index contributed by atoms with van der Waals surface area (Å²) in [5, 5.41) is 0. The van der Waals surface area contributed by atoms with Gasteiger partial charge in [0.1, 0.15) is 6.26 Å². The Bertz CT molecular complexity index is 714. The molecule has 0 N–H and O–H groups in total. The van der Waals surface area contributed by atoms with E-state index in [0.717, 1.165) is 5.56 Å². The fraction of sp³-hybridized carbons (Fsp3) is 0.421. The number of nitrogens with zero attached hydrogens (tertiary/aromatic N) is 2. The van der Waals surface area contributed by atoms with E-state index >= 15 is 0 Å². The van der Waals surface area contributed by atoms with Crippen LogP contribution in [0.3, 0.4) is 0 Å². The molecule has 0 aliphatic rings. The van der Waals surface area contributed by atoms with Crippen molar-refractivity contribution in [1.29, 1.82) is 0 Å². The fourth-order valence-corrected chi connectivity index (χ4v) is 2.67. The summed E-state index contributed by atoms with van der Waals surface area (Å²) in [4.78, 5) is 30.3. The number of benzene rings is 1. The van der Waals surface area contributed by atoms with Gasteiger partial charge in [-0.3, -0.25) is 4.79 Å². The van der Waals surface area contributed by atoms with Crippen molar-refractivity contribution in [2.75, 3.05) is 27.4 Å². The molecule has 1 aromatic carbocycles. The van der Waals surface area contributed by atoms with Gasteiger partial charge in [0.25, 0.3) is 0 Å². The smallest absolute Gasteiger partial charge is 0.360 e. The number of carbonyl (C=O) groups excluding carboxylic acids is 2. The molecule has 0 saturated heterocycles. The number of hydrogen-bond acceptors (Lipinski definition) is 6. The van der Waals surface area contributed by atoms with Crippen LogP contribution in [0.5, 0.6) is 0 Å². The molecule has 0 bridgehead atoms. The van der Waals surface area contributed by atoms with Crippen LogP contribution < -0.4 is 0 Å². The third kappa shape index (κ3) is 4.92. The summed E-state index contributed by atoms with van der Waals surface area (Å²) in [7, 11) is 2.86. The first-order valence-electron chi connectivity index (χ1n) is 8.46. The van der Waals surface area contributed by atoms with Crippen molar-refractivity contribution < 1.29 is 23.5 Å². The Balaban J connectivity index is 2.18. The molecule has 0 spiro atoms. The van der Waals surface area contributed by atoms with E-state index in [2.05, 4.69) is 9.72 Å². The quantitative estimate of drug-likeness (QED) is 0.640. The van der Waals surface area contributed by atoms with Gasteiger partial charge in [0.2, 0.25) is 11.8 Å². The van der Waals surface area contributed by atoms with Crippen LogP contribution in [0, 0.1) is 0 Å². The summed E-state index contributed by atoms with van der Waals surface area (Å²) in [5.74, 6) is -0.597. The van der Waals surface area contributed by atoms with E-state index < -0.39 is 5.97 Å². The molecule has 0 unspecified atom stereocenters. The van der Waals surface area contributed by atoms with Crippen molar-refractivity contribution in [3.63, 3.8) is 0 Å². The third-order valence-corrected chi connectivity index (χ3v) is 4.06. The third-order valence-electron chi connectivity index (χ3n) is 4.06. The van der Waals surface area contributed by atoms with Gasteiger partial charge < -0.3 is 18.8 Å². The van der Waals surface area contributed by atoms with Gasteiger partial charge in [-0.1, -0.05) is 37.3 Å². The molecule has 140 valence electrons. The zero-order valence-electron chi connectivity index (χ0n) is 15.3. The van der Waals surface area contributed by atoms with Crippen LogP contribution in [0.2, 0.25) is 0 Å². The summed E-state index contributed by atoms with van der Waals surface area (Å²) < 4.78 is 15.1. The highest BCUT2D eigenvalue weighted by Gasteiger charge is 2.26. The summed E-state index contributed by atoms with van der Waals surface area (Å²) in [6.45, 7) is 2.92. The van der Waals surface area contributed by atoms with Crippen LogP contribution in [-0.4, -0.2) is 49.1 Å². The van der Waals surface area contributed by atoms with Crippen molar-refractivity contribution in [3.8, 4) is 0 Å². The molecule has 2 rings (SSSR count).